The number of fused-ring (bicyclic) bond motifs is 1. The molecule has 1 aromatic carbocycles. The van der Waals surface area contributed by atoms with E-state index in [2.05, 4.69) is 4.98 Å². The molecule has 0 fully saturated rings. The third kappa shape index (κ3) is 2.04. The number of furan rings is 1. The molecule has 0 atom stereocenters. The number of ketones is 1. The van der Waals surface area contributed by atoms with Crippen molar-refractivity contribution < 1.29 is 13.6 Å². The van der Waals surface area contributed by atoms with Gasteiger partial charge in [0.2, 0.25) is 0 Å². The Morgan fingerprint density at radius 3 is 3.00 bits per heavy atom. The fraction of sp³-hybridized carbons (Fsp3) is 0.0769. The lowest BCUT2D eigenvalue weighted by atomic mass is 10.1. The molecule has 0 spiro atoms. The van der Waals surface area contributed by atoms with Crippen LogP contribution in [-0.2, 0) is 0 Å². The Morgan fingerprint density at radius 1 is 1.28 bits per heavy atom. The number of carbonyl (C=O) groups is 1. The van der Waals surface area contributed by atoms with Gasteiger partial charge in [0.25, 0.3) is 5.22 Å². The zero-order valence-electron chi connectivity index (χ0n) is 9.33. The summed E-state index contributed by atoms with van der Waals surface area (Å²) in [5.41, 5.74) is 1.33. The molecule has 0 radical (unpaired) electrons. The van der Waals surface area contributed by atoms with E-state index in [1.54, 1.807) is 6.20 Å². The van der Waals surface area contributed by atoms with E-state index < -0.39 is 0 Å². The molecule has 18 heavy (non-hydrogen) atoms. The Kier molecular flexibility index (Phi) is 2.90. The molecule has 0 saturated heterocycles. The van der Waals surface area contributed by atoms with Crippen LogP contribution in [0, 0.1) is 0 Å². The highest BCUT2D eigenvalue weighted by Crippen LogP contribution is 2.23. The van der Waals surface area contributed by atoms with Crippen molar-refractivity contribution in [1.29, 1.82) is 0 Å². The van der Waals surface area contributed by atoms with Gasteiger partial charge in [-0.15, -0.1) is 0 Å². The minimum atomic E-state index is 0.00292. The van der Waals surface area contributed by atoms with Crippen LogP contribution >= 0.6 is 11.8 Å². The lowest BCUT2D eigenvalue weighted by Gasteiger charge is -1.96. The number of para-hydroxylation sites is 1. The summed E-state index contributed by atoms with van der Waals surface area (Å²) in [7, 11) is 0. The summed E-state index contributed by atoms with van der Waals surface area (Å²) in [5, 5.41) is 1.34. The van der Waals surface area contributed by atoms with Gasteiger partial charge in [0, 0.05) is 5.39 Å². The number of carbonyl (C=O) groups excluding carboxylic acids is 1. The lowest BCUT2D eigenvalue weighted by molar-refractivity contribution is 0.102. The molecular weight excluding hydrogens is 250 g/mol. The zero-order valence-corrected chi connectivity index (χ0v) is 10.1. The molecule has 2 aromatic heterocycles. The molecular formula is C13H9NO3S. The van der Waals surface area contributed by atoms with Gasteiger partial charge >= 0.3 is 0 Å². The minimum Gasteiger partial charge on any atom is -0.464 e. The number of thioether (sulfide) groups is 1. The second-order valence-electron chi connectivity index (χ2n) is 3.66. The number of Topliss-reactive ketones (excluding diaryl/α,β-unsaturated/α-hetero) is 1. The maximum Gasteiger partial charge on any atom is 0.255 e. The number of nitrogens with zero attached hydrogens (tertiary/aromatic N) is 1. The van der Waals surface area contributed by atoms with Crippen molar-refractivity contribution in [3.63, 3.8) is 0 Å². The van der Waals surface area contributed by atoms with Crippen molar-refractivity contribution in [1.82, 2.24) is 4.98 Å². The van der Waals surface area contributed by atoms with Gasteiger partial charge in [-0.3, -0.25) is 4.79 Å². The first kappa shape index (κ1) is 11.1. The van der Waals surface area contributed by atoms with Gasteiger partial charge in [-0.1, -0.05) is 30.0 Å². The van der Waals surface area contributed by atoms with Crippen LogP contribution < -0.4 is 0 Å². The predicted molar refractivity (Wildman–Crippen MR) is 67.8 cm³/mol. The molecule has 0 aliphatic rings. The maximum absolute atomic E-state index is 12.1. The van der Waals surface area contributed by atoms with Crippen LogP contribution in [0.4, 0.5) is 0 Å². The summed E-state index contributed by atoms with van der Waals surface area (Å²) < 4.78 is 10.4. The van der Waals surface area contributed by atoms with Crippen LogP contribution in [-0.4, -0.2) is 16.5 Å². The molecule has 90 valence electrons. The number of hydrogen-bond acceptors (Lipinski definition) is 5. The highest BCUT2D eigenvalue weighted by Gasteiger charge is 2.14. The number of rotatable bonds is 4. The second-order valence-corrected chi connectivity index (χ2v) is 4.58. The average molecular weight is 259 g/mol. The van der Waals surface area contributed by atoms with E-state index in [0.717, 1.165) is 11.0 Å². The van der Waals surface area contributed by atoms with Crippen LogP contribution in [0.25, 0.3) is 11.0 Å². The third-order valence-corrected chi connectivity index (χ3v) is 3.37. The van der Waals surface area contributed by atoms with E-state index >= 15 is 0 Å². The standard InChI is InChI=1S/C13H9NO3S/c15-11(8-18-13-14-5-6-16-13)10-7-17-12-4-2-1-3-9(10)12/h1-7H,8H2. The van der Waals surface area contributed by atoms with Crippen molar-refractivity contribution in [3.8, 4) is 0 Å². The molecule has 0 amide bonds. The quantitative estimate of drug-likeness (QED) is 0.531. The first-order valence-corrected chi connectivity index (χ1v) is 6.35. The summed E-state index contributed by atoms with van der Waals surface area (Å²) in [4.78, 5) is 16.0. The van der Waals surface area contributed by atoms with E-state index in [1.165, 1.54) is 24.3 Å². The number of benzene rings is 1. The number of oxazole rings is 1. The number of aromatic nitrogens is 1. The van der Waals surface area contributed by atoms with Crippen molar-refractivity contribution in [2.75, 3.05) is 5.75 Å². The Bertz CT molecular complexity index is 672. The highest BCUT2D eigenvalue weighted by molar-refractivity contribution is 7.99. The van der Waals surface area contributed by atoms with E-state index in [1.807, 2.05) is 24.3 Å². The van der Waals surface area contributed by atoms with Gasteiger partial charge in [0.15, 0.2) is 5.78 Å². The molecule has 0 aliphatic carbocycles. The van der Waals surface area contributed by atoms with Crippen molar-refractivity contribution >= 4 is 28.5 Å². The largest absolute Gasteiger partial charge is 0.464 e. The van der Waals surface area contributed by atoms with E-state index in [4.69, 9.17) is 8.83 Å². The van der Waals surface area contributed by atoms with Crippen LogP contribution in [0.2, 0.25) is 0 Å². The average Bonchev–Trinajstić information content (AvgIpc) is 3.05. The molecule has 0 unspecified atom stereocenters. The van der Waals surface area contributed by atoms with Gasteiger partial charge in [0.05, 0.1) is 17.5 Å². The van der Waals surface area contributed by atoms with Crippen molar-refractivity contribution in [2.45, 2.75) is 5.22 Å². The second kappa shape index (κ2) is 4.70. The van der Waals surface area contributed by atoms with Crippen molar-refractivity contribution in [2.24, 2.45) is 0 Å². The fourth-order valence-corrected chi connectivity index (χ4v) is 2.35. The SMILES string of the molecule is O=C(CSc1ncco1)c1coc2ccccc12. The van der Waals surface area contributed by atoms with Crippen LogP contribution in [0.5, 0.6) is 0 Å². The summed E-state index contributed by atoms with van der Waals surface area (Å²) in [6.07, 6.45) is 4.54. The Labute approximate surface area is 107 Å². The van der Waals surface area contributed by atoms with E-state index in [9.17, 15) is 4.79 Å². The Morgan fingerprint density at radius 2 is 2.17 bits per heavy atom. The van der Waals surface area contributed by atoms with Gasteiger partial charge in [0.1, 0.15) is 18.1 Å². The topological polar surface area (TPSA) is 56.2 Å². The summed E-state index contributed by atoms with van der Waals surface area (Å²) in [6, 6.07) is 7.48. The summed E-state index contributed by atoms with van der Waals surface area (Å²) in [5.74, 6) is 0.285. The van der Waals surface area contributed by atoms with Crippen LogP contribution in [0.3, 0.4) is 0 Å². The van der Waals surface area contributed by atoms with E-state index in [-0.39, 0.29) is 11.5 Å². The van der Waals surface area contributed by atoms with Gasteiger partial charge in [-0.05, 0) is 6.07 Å². The maximum atomic E-state index is 12.1. The smallest absolute Gasteiger partial charge is 0.255 e. The monoisotopic (exact) mass is 259 g/mol. The third-order valence-electron chi connectivity index (χ3n) is 2.52. The van der Waals surface area contributed by atoms with Crippen molar-refractivity contribution in [3.05, 3.63) is 48.6 Å². The van der Waals surface area contributed by atoms with Gasteiger partial charge in [-0.25, -0.2) is 4.98 Å². The molecule has 3 aromatic rings. The molecule has 0 saturated carbocycles. The molecule has 0 aliphatic heterocycles. The fourth-order valence-electron chi connectivity index (χ4n) is 1.68. The molecule has 3 rings (SSSR count). The first-order chi connectivity index (χ1) is 8.84. The first-order valence-electron chi connectivity index (χ1n) is 5.36. The lowest BCUT2D eigenvalue weighted by Crippen LogP contribution is -2.01. The Balaban J connectivity index is 1.80. The zero-order chi connectivity index (χ0) is 12.4. The van der Waals surface area contributed by atoms with Gasteiger partial charge < -0.3 is 8.83 Å². The normalized spacial score (nSPS) is 10.9. The summed E-state index contributed by atoms with van der Waals surface area (Å²) >= 11 is 1.27. The molecule has 5 heteroatoms. The van der Waals surface area contributed by atoms with Gasteiger partial charge in [-0.2, -0.15) is 0 Å². The number of hydrogen-bond donors (Lipinski definition) is 0. The van der Waals surface area contributed by atoms with E-state index in [0.29, 0.717) is 10.8 Å². The van der Waals surface area contributed by atoms with Crippen LogP contribution in [0.1, 0.15) is 10.4 Å². The highest BCUT2D eigenvalue weighted by atomic mass is 32.2. The molecule has 0 bridgehead atoms. The van der Waals surface area contributed by atoms with Crippen LogP contribution in [0.15, 0.2) is 57.0 Å². The molecule has 0 N–H and O–H groups in total. The minimum absolute atomic E-state index is 0.00292. The molecule has 2 heterocycles. The Hall–Kier alpha value is -2.01. The predicted octanol–water partition coefficient (Wildman–Crippen LogP) is 3.40. The molecule has 4 nitrogen and oxygen atoms in total. The summed E-state index contributed by atoms with van der Waals surface area (Å²) in [6.45, 7) is 0.